The highest BCUT2D eigenvalue weighted by Gasteiger charge is 2.09. The van der Waals surface area contributed by atoms with Gasteiger partial charge in [-0.25, -0.2) is 0 Å². The number of anilines is 1. The summed E-state index contributed by atoms with van der Waals surface area (Å²) >= 11 is 0. The Morgan fingerprint density at radius 1 is 1.06 bits per heavy atom. The minimum absolute atomic E-state index is 0.475. The van der Waals surface area contributed by atoms with Gasteiger partial charge in [0, 0.05) is 12.1 Å². The zero-order chi connectivity index (χ0) is 12.3. The summed E-state index contributed by atoms with van der Waals surface area (Å²) in [4.78, 5) is 0. The molecule has 2 heteroatoms. The molecule has 0 aromatic heterocycles. The predicted molar refractivity (Wildman–Crippen MR) is 70.7 cm³/mol. The molecule has 0 heterocycles. The fourth-order valence-corrected chi connectivity index (χ4v) is 1.88. The molecule has 0 amide bonds. The van der Waals surface area contributed by atoms with E-state index in [4.69, 9.17) is 5.73 Å². The maximum atomic E-state index is 10.1. The largest absolute Gasteiger partial charge is 0.399 e. The Morgan fingerprint density at radius 3 is 2.35 bits per heavy atom. The Bertz CT molecular complexity index is 491. The van der Waals surface area contributed by atoms with Crippen LogP contribution in [0.1, 0.15) is 22.8 Å². The molecule has 0 fully saturated rings. The number of benzene rings is 2. The van der Waals surface area contributed by atoms with Gasteiger partial charge in [-0.05, 0) is 35.7 Å². The van der Waals surface area contributed by atoms with Crippen LogP contribution in [0.3, 0.4) is 0 Å². The fourth-order valence-electron chi connectivity index (χ4n) is 1.88. The number of hydrogen-bond acceptors (Lipinski definition) is 2. The van der Waals surface area contributed by atoms with Gasteiger partial charge in [-0.1, -0.05) is 36.4 Å². The first-order chi connectivity index (χ1) is 8.16. The van der Waals surface area contributed by atoms with Crippen LogP contribution in [-0.4, -0.2) is 5.11 Å². The average Bonchev–Trinajstić information content (AvgIpc) is 2.33. The van der Waals surface area contributed by atoms with Gasteiger partial charge in [0.05, 0.1) is 6.10 Å². The molecule has 2 aromatic carbocycles. The summed E-state index contributed by atoms with van der Waals surface area (Å²) in [5, 5.41) is 10.1. The van der Waals surface area contributed by atoms with Gasteiger partial charge in [-0.3, -0.25) is 0 Å². The molecule has 1 atom stereocenters. The topological polar surface area (TPSA) is 46.2 Å². The minimum Gasteiger partial charge on any atom is -0.399 e. The van der Waals surface area contributed by atoms with E-state index in [1.54, 1.807) is 0 Å². The van der Waals surface area contributed by atoms with Crippen molar-refractivity contribution in [2.45, 2.75) is 19.4 Å². The van der Waals surface area contributed by atoms with E-state index in [9.17, 15) is 5.11 Å². The van der Waals surface area contributed by atoms with Crippen molar-refractivity contribution in [2.75, 3.05) is 5.73 Å². The van der Waals surface area contributed by atoms with E-state index < -0.39 is 6.10 Å². The smallest absolute Gasteiger partial charge is 0.0830 e. The Labute approximate surface area is 102 Å². The van der Waals surface area contributed by atoms with Crippen LogP contribution in [0.2, 0.25) is 0 Å². The minimum atomic E-state index is -0.475. The molecule has 0 aliphatic carbocycles. The maximum absolute atomic E-state index is 10.1. The van der Waals surface area contributed by atoms with Gasteiger partial charge in [-0.2, -0.15) is 0 Å². The van der Waals surface area contributed by atoms with E-state index in [-0.39, 0.29) is 0 Å². The molecular formula is C15H17NO. The molecule has 88 valence electrons. The summed E-state index contributed by atoms with van der Waals surface area (Å²) in [7, 11) is 0. The van der Waals surface area contributed by atoms with Gasteiger partial charge in [0.2, 0.25) is 0 Å². The van der Waals surface area contributed by atoms with Crippen LogP contribution in [0.4, 0.5) is 5.69 Å². The summed E-state index contributed by atoms with van der Waals surface area (Å²) < 4.78 is 0. The maximum Gasteiger partial charge on any atom is 0.0830 e. The molecule has 0 saturated carbocycles. The van der Waals surface area contributed by atoms with Gasteiger partial charge in [0.25, 0.3) is 0 Å². The molecule has 0 radical (unpaired) electrons. The summed E-state index contributed by atoms with van der Waals surface area (Å²) in [6.45, 7) is 2.06. The van der Waals surface area contributed by atoms with Crippen LogP contribution in [0, 0.1) is 6.92 Å². The quantitative estimate of drug-likeness (QED) is 0.792. The number of nitrogens with two attached hydrogens (primary N) is 1. The van der Waals surface area contributed by atoms with Crippen molar-refractivity contribution in [3.05, 3.63) is 65.2 Å². The van der Waals surface area contributed by atoms with E-state index in [1.807, 2.05) is 36.4 Å². The highest BCUT2D eigenvalue weighted by Crippen LogP contribution is 2.21. The van der Waals surface area contributed by atoms with Crippen LogP contribution in [0.25, 0.3) is 0 Å². The molecule has 0 aliphatic heterocycles. The van der Waals surface area contributed by atoms with Crippen molar-refractivity contribution < 1.29 is 5.11 Å². The molecule has 2 rings (SSSR count). The standard InChI is InChI=1S/C15H17NO/c1-11-4-2-3-5-13(11)10-15(17)12-6-8-14(16)9-7-12/h2-9,15,17H,10,16H2,1H3. The molecule has 2 nitrogen and oxygen atoms in total. The number of nitrogen functional groups attached to an aromatic ring is 1. The Kier molecular flexibility index (Phi) is 3.45. The first-order valence-electron chi connectivity index (χ1n) is 5.75. The van der Waals surface area contributed by atoms with Crippen molar-refractivity contribution in [1.82, 2.24) is 0 Å². The first-order valence-corrected chi connectivity index (χ1v) is 5.75. The van der Waals surface area contributed by atoms with Crippen LogP contribution in [0.5, 0.6) is 0 Å². The molecule has 0 aliphatic rings. The third-order valence-electron chi connectivity index (χ3n) is 3.00. The fraction of sp³-hybridized carbons (Fsp3) is 0.200. The summed E-state index contributed by atoms with van der Waals surface area (Å²) in [6.07, 6.45) is 0.160. The highest BCUT2D eigenvalue weighted by atomic mass is 16.3. The molecule has 2 aromatic rings. The van der Waals surface area contributed by atoms with E-state index in [1.165, 1.54) is 11.1 Å². The number of rotatable bonds is 3. The third kappa shape index (κ3) is 2.86. The first kappa shape index (κ1) is 11.7. The second kappa shape index (κ2) is 5.02. The predicted octanol–water partition coefficient (Wildman–Crippen LogP) is 2.85. The summed E-state index contributed by atoms with van der Waals surface area (Å²) in [5.41, 5.74) is 9.63. The molecule has 1 unspecified atom stereocenters. The second-order valence-electron chi connectivity index (χ2n) is 4.31. The number of aliphatic hydroxyl groups excluding tert-OH is 1. The van der Waals surface area contributed by atoms with E-state index in [0.717, 1.165) is 11.3 Å². The lowest BCUT2D eigenvalue weighted by molar-refractivity contribution is 0.178. The summed E-state index contributed by atoms with van der Waals surface area (Å²) in [5.74, 6) is 0. The van der Waals surface area contributed by atoms with Crippen molar-refractivity contribution in [3.8, 4) is 0 Å². The average molecular weight is 227 g/mol. The van der Waals surface area contributed by atoms with Crippen molar-refractivity contribution in [3.63, 3.8) is 0 Å². The van der Waals surface area contributed by atoms with E-state index in [2.05, 4.69) is 19.1 Å². The lowest BCUT2D eigenvalue weighted by Gasteiger charge is -2.13. The zero-order valence-corrected chi connectivity index (χ0v) is 9.93. The Morgan fingerprint density at radius 2 is 1.71 bits per heavy atom. The number of hydrogen-bond donors (Lipinski definition) is 2. The molecule has 3 N–H and O–H groups in total. The van der Waals surface area contributed by atoms with Gasteiger partial charge < -0.3 is 10.8 Å². The molecule has 0 saturated heterocycles. The van der Waals surface area contributed by atoms with E-state index >= 15 is 0 Å². The number of aliphatic hydroxyl groups is 1. The van der Waals surface area contributed by atoms with Crippen molar-refractivity contribution in [1.29, 1.82) is 0 Å². The van der Waals surface area contributed by atoms with Crippen LogP contribution in [-0.2, 0) is 6.42 Å². The van der Waals surface area contributed by atoms with Crippen LogP contribution in [0.15, 0.2) is 48.5 Å². The monoisotopic (exact) mass is 227 g/mol. The molecule has 0 spiro atoms. The van der Waals surface area contributed by atoms with Gasteiger partial charge >= 0.3 is 0 Å². The highest BCUT2D eigenvalue weighted by molar-refractivity contribution is 5.40. The van der Waals surface area contributed by atoms with Gasteiger partial charge in [0.15, 0.2) is 0 Å². The normalized spacial score (nSPS) is 12.4. The Balaban J connectivity index is 2.14. The SMILES string of the molecule is Cc1ccccc1CC(O)c1ccc(N)cc1. The number of aryl methyl sites for hydroxylation is 1. The summed E-state index contributed by atoms with van der Waals surface area (Å²) in [6, 6.07) is 15.5. The molecular weight excluding hydrogens is 210 g/mol. The third-order valence-corrected chi connectivity index (χ3v) is 3.00. The zero-order valence-electron chi connectivity index (χ0n) is 9.93. The molecule has 0 bridgehead atoms. The lowest BCUT2D eigenvalue weighted by atomic mass is 9.98. The van der Waals surface area contributed by atoms with E-state index in [0.29, 0.717) is 6.42 Å². The van der Waals surface area contributed by atoms with Crippen LogP contribution >= 0.6 is 0 Å². The van der Waals surface area contributed by atoms with Crippen LogP contribution < -0.4 is 5.73 Å². The lowest BCUT2D eigenvalue weighted by Crippen LogP contribution is -2.03. The Hall–Kier alpha value is -1.80. The van der Waals surface area contributed by atoms with Gasteiger partial charge in [-0.15, -0.1) is 0 Å². The second-order valence-corrected chi connectivity index (χ2v) is 4.31. The molecule has 17 heavy (non-hydrogen) atoms. The van der Waals surface area contributed by atoms with Crippen molar-refractivity contribution >= 4 is 5.69 Å². The van der Waals surface area contributed by atoms with Gasteiger partial charge in [0.1, 0.15) is 0 Å². The van der Waals surface area contributed by atoms with Crippen molar-refractivity contribution in [2.24, 2.45) is 0 Å².